The van der Waals surface area contributed by atoms with Crippen molar-refractivity contribution in [3.8, 4) is 11.5 Å². The summed E-state index contributed by atoms with van der Waals surface area (Å²) in [5.41, 5.74) is 9.72. The fourth-order valence-electron chi connectivity index (χ4n) is 2.21. The standard InChI is InChI=1S/C17H15BrN2O/c1-10-3-4-11(2)16(7-10)21-15-6-5-14(19)13-8-12(18)9-20-17(13)15/h3-9H,19H2,1-2H3. The molecular weight excluding hydrogens is 328 g/mol. The normalized spacial score (nSPS) is 10.8. The first-order valence-electron chi connectivity index (χ1n) is 6.63. The highest BCUT2D eigenvalue weighted by molar-refractivity contribution is 9.10. The van der Waals surface area contributed by atoms with Crippen LogP contribution < -0.4 is 10.5 Å². The molecule has 1 heterocycles. The summed E-state index contributed by atoms with van der Waals surface area (Å²) in [6.45, 7) is 4.07. The molecule has 4 heteroatoms. The van der Waals surface area contributed by atoms with Gasteiger partial charge >= 0.3 is 0 Å². The van der Waals surface area contributed by atoms with E-state index in [1.54, 1.807) is 6.20 Å². The Morgan fingerprint density at radius 3 is 2.67 bits per heavy atom. The Labute approximate surface area is 131 Å². The molecule has 0 aliphatic carbocycles. The number of rotatable bonds is 2. The summed E-state index contributed by atoms with van der Waals surface area (Å²) in [5.74, 6) is 1.55. The Kier molecular flexibility index (Phi) is 3.55. The molecule has 0 aliphatic heterocycles. The maximum atomic E-state index is 6.06. The number of anilines is 1. The van der Waals surface area contributed by atoms with Gasteiger partial charge in [0.1, 0.15) is 11.3 Å². The van der Waals surface area contributed by atoms with Gasteiger partial charge in [0.15, 0.2) is 5.75 Å². The van der Waals surface area contributed by atoms with Crippen LogP contribution in [0.3, 0.4) is 0 Å². The van der Waals surface area contributed by atoms with E-state index in [2.05, 4.69) is 27.0 Å². The second-order valence-electron chi connectivity index (χ2n) is 5.07. The molecule has 0 spiro atoms. The SMILES string of the molecule is Cc1ccc(C)c(Oc2ccc(N)c3cc(Br)cnc23)c1. The van der Waals surface area contributed by atoms with Crippen molar-refractivity contribution in [1.29, 1.82) is 0 Å². The first-order valence-corrected chi connectivity index (χ1v) is 7.43. The van der Waals surface area contributed by atoms with Crippen LogP contribution in [0.15, 0.2) is 47.1 Å². The van der Waals surface area contributed by atoms with E-state index >= 15 is 0 Å². The summed E-state index contributed by atoms with van der Waals surface area (Å²) in [7, 11) is 0. The Hall–Kier alpha value is -2.07. The average molecular weight is 343 g/mol. The van der Waals surface area contributed by atoms with Crippen LogP contribution in [0.2, 0.25) is 0 Å². The monoisotopic (exact) mass is 342 g/mol. The first-order chi connectivity index (χ1) is 10.0. The summed E-state index contributed by atoms with van der Waals surface area (Å²) in [4.78, 5) is 4.44. The van der Waals surface area contributed by atoms with E-state index in [0.29, 0.717) is 11.4 Å². The fraction of sp³-hybridized carbons (Fsp3) is 0.118. The van der Waals surface area contributed by atoms with E-state index in [0.717, 1.165) is 32.3 Å². The summed E-state index contributed by atoms with van der Waals surface area (Å²) < 4.78 is 6.96. The Morgan fingerprint density at radius 1 is 1.05 bits per heavy atom. The van der Waals surface area contributed by atoms with E-state index in [-0.39, 0.29) is 0 Å². The zero-order chi connectivity index (χ0) is 15.0. The molecule has 3 nitrogen and oxygen atoms in total. The number of halogens is 1. The number of benzene rings is 2. The average Bonchev–Trinajstić information content (AvgIpc) is 2.46. The molecule has 0 bridgehead atoms. The lowest BCUT2D eigenvalue weighted by atomic mass is 10.1. The van der Waals surface area contributed by atoms with Crippen molar-refractivity contribution in [3.63, 3.8) is 0 Å². The van der Waals surface area contributed by atoms with Gasteiger partial charge in [-0.3, -0.25) is 4.98 Å². The Morgan fingerprint density at radius 2 is 1.86 bits per heavy atom. The van der Waals surface area contributed by atoms with E-state index in [9.17, 15) is 0 Å². The van der Waals surface area contributed by atoms with Gasteiger partial charge in [0.2, 0.25) is 0 Å². The predicted octanol–water partition coefficient (Wildman–Crippen LogP) is 4.99. The molecule has 3 rings (SSSR count). The first kappa shape index (κ1) is 13.9. The van der Waals surface area contributed by atoms with Crippen LogP contribution in [0.25, 0.3) is 10.9 Å². The molecule has 0 amide bonds. The number of aryl methyl sites for hydroxylation is 2. The van der Waals surface area contributed by atoms with Crippen LogP contribution in [-0.4, -0.2) is 4.98 Å². The molecule has 0 saturated heterocycles. The largest absolute Gasteiger partial charge is 0.455 e. The van der Waals surface area contributed by atoms with E-state index in [1.165, 1.54) is 0 Å². The molecule has 0 atom stereocenters. The number of fused-ring (bicyclic) bond motifs is 1. The maximum Gasteiger partial charge on any atom is 0.153 e. The quantitative estimate of drug-likeness (QED) is 0.667. The zero-order valence-electron chi connectivity index (χ0n) is 11.9. The lowest BCUT2D eigenvalue weighted by Crippen LogP contribution is -1.94. The molecular formula is C17H15BrN2O. The Balaban J connectivity index is 2.13. The number of hydrogen-bond donors (Lipinski definition) is 1. The molecule has 0 saturated carbocycles. The highest BCUT2D eigenvalue weighted by atomic mass is 79.9. The minimum atomic E-state index is 0.687. The smallest absolute Gasteiger partial charge is 0.153 e. The van der Waals surface area contributed by atoms with Crippen molar-refractivity contribution >= 4 is 32.5 Å². The predicted molar refractivity (Wildman–Crippen MR) is 89.8 cm³/mol. The molecule has 1 aromatic heterocycles. The van der Waals surface area contributed by atoms with Gasteiger partial charge in [-0.2, -0.15) is 0 Å². The molecule has 106 valence electrons. The van der Waals surface area contributed by atoms with Crippen LogP contribution in [0.1, 0.15) is 11.1 Å². The number of ether oxygens (including phenoxy) is 1. The zero-order valence-corrected chi connectivity index (χ0v) is 13.4. The van der Waals surface area contributed by atoms with Crippen molar-refractivity contribution < 1.29 is 4.74 Å². The van der Waals surface area contributed by atoms with Gasteiger partial charge in [0, 0.05) is 21.7 Å². The van der Waals surface area contributed by atoms with Gasteiger partial charge in [-0.05, 0) is 65.2 Å². The van der Waals surface area contributed by atoms with Crippen molar-refractivity contribution in [3.05, 3.63) is 58.2 Å². The van der Waals surface area contributed by atoms with Gasteiger partial charge in [-0.15, -0.1) is 0 Å². The number of nitrogens with zero attached hydrogens (tertiary/aromatic N) is 1. The van der Waals surface area contributed by atoms with Crippen LogP contribution in [0, 0.1) is 13.8 Å². The van der Waals surface area contributed by atoms with Crippen LogP contribution in [0.5, 0.6) is 11.5 Å². The van der Waals surface area contributed by atoms with Gasteiger partial charge in [-0.25, -0.2) is 0 Å². The third kappa shape index (κ3) is 2.72. The summed E-state index contributed by atoms with van der Waals surface area (Å²) >= 11 is 3.42. The van der Waals surface area contributed by atoms with Crippen molar-refractivity contribution in [1.82, 2.24) is 4.98 Å². The van der Waals surface area contributed by atoms with Crippen molar-refractivity contribution in [2.75, 3.05) is 5.73 Å². The van der Waals surface area contributed by atoms with Crippen molar-refractivity contribution in [2.45, 2.75) is 13.8 Å². The molecule has 0 aliphatic rings. The fourth-order valence-corrected chi connectivity index (χ4v) is 2.54. The minimum Gasteiger partial charge on any atom is -0.455 e. The van der Waals surface area contributed by atoms with Gasteiger partial charge in [-0.1, -0.05) is 12.1 Å². The second kappa shape index (κ2) is 5.37. The van der Waals surface area contributed by atoms with E-state index in [1.807, 2.05) is 44.2 Å². The summed E-state index contributed by atoms with van der Waals surface area (Å²) in [5, 5.41) is 0.882. The van der Waals surface area contributed by atoms with Crippen molar-refractivity contribution in [2.24, 2.45) is 0 Å². The van der Waals surface area contributed by atoms with Gasteiger partial charge in [0.25, 0.3) is 0 Å². The molecule has 0 unspecified atom stereocenters. The highest BCUT2D eigenvalue weighted by Crippen LogP contribution is 2.34. The van der Waals surface area contributed by atoms with E-state index in [4.69, 9.17) is 10.5 Å². The van der Waals surface area contributed by atoms with Crippen LogP contribution in [0.4, 0.5) is 5.69 Å². The van der Waals surface area contributed by atoms with Gasteiger partial charge in [0.05, 0.1) is 0 Å². The number of hydrogen-bond acceptors (Lipinski definition) is 3. The topological polar surface area (TPSA) is 48.1 Å². The number of nitrogen functional groups attached to an aromatic ring is 1. The molecule has 0 fully saturated rings. The third-order valence-corrected chi connectivity index (χ3v) is 3.81. The number of pyridine rings is 1. The van der Waals surface area contributed by atoms with Crippen LogP contribution >= 0.6 is 15.9 Å². The molecule has 0 radical (unpaired) electrons. The number of aromatic nitrogens is 1. The van der Waals surface area contributed by atoms with Crippen LogP contribution in [-0.2, 0) is 0 Å². The molecule has 21 heavy (non-hydrogen) atoms. The highest BCUT2D eigenvalue weighted by Gasteiger charge is 2.10. The van der Waals surface area contributed by atoms with Gasteiger partial charge < -0.3 is 10.5 Å². The second-order valence-corrected chi connectivity index (χ2v) is 5.99. The third-order valence-electron chi connectivity index (χ3n) is 3.38. The maximum absolute atomic E-state index is 6.06. The molecule has 2 N–H and O–H groups in total. The molecule has 3 aromatic rings. The summed E-state index contributed by atoms with van der Waals surface area (Å²) in [6.07, 6.45) is 1.75. The lowest BCUT2D eigenvalue weighted by molar-refractivity contribution is 0.483. The summed E-state index contributed by atoms with van der Waals surface area (Å²) in [6, 6.07) is 11.8. The number of nitrogens with two attached hydrogens (primary N) is 1. The minimum absolute atomic E-state index is 0.687. The lowest BCUT2D eigenvalue weighted by Gasteiger charge is -2.12. The van der Waals surface area contributed by atoms with E-state index < -0.39 is 0 Å². The molecule has 2 aromatic carbocycles. The Bertz CT molecular complexity index is 830.